The number of hydrogen-bond donors (Lipinski definition) is 1. The molecule has 1 saturated heterocycles. The molecule has 2 rings (SSSR count). The molecule has 1 aromatic heterocycles. The maximum atomic E-state index is 6.00. The Morgan fingerprint density at radius 1 is 1.64 bits per heavy atom. The van der Waals surface area contributed by atoms with Gasteiger partial charge in [0.05, 0.1) is 0 Å². The highest BCUT2D eigenvalue weighted by molar-refractivity contribution is 7.11. The molecule has 1 aromatic rings. The van der Waals surface area contributed by atoms with Crippen molar-refractivity contribution in [1.29, 1.82) is 0 Å². The van der Waals surface area contributed by atoms with Crippen LogP contribution < -0.4 is 5.73 Å². The Bertz CT molecular complexity index is 310. The van der Waals surface area contributed by atoms with Gasteiger partial charge in [0.2, 0.25) is 0 Å². The summed E-state index contributed by atoms with van der Waals surface area (Å²) in [5, 5.41) is 1.08. The third-order valence-electron chi connectivity index (χ3n) is 2.36. The van der Waals surface area contributed by atoms with Crippen LogP contribution in [0.4, 0.5) is 0 Å². The van der Waals surface area contributed by atoms with Gasteiger partial charge in [-0.1, -0.05) is 0 Å². The van der Waals surface area contributed by atoms with Gasteiger partial charge in [-0.3, -0.25) is 0 Å². The van der Waals surface area contributed by atoms with Gasteiger partial charge in [-0.2, -0.15) is 0 Å². The molecule has 2 heterocycles. The number of hydrogen-bond acceptors (Lipinski definition) is 4. The summed E-state index contributed by atoms with van der Waals surface area (Å²) in [4.78, 5) is 5.51. The van der Waals surface area contributed by atoms with Gasteiger partial charge in [-0.25, -0.2) is 4.98 Å². The van der Waals surface area contributed by atoms with Gasteiger partial charge in [0.25, 0.3) is 0 Å². The van der Waals surface area contributed by atoms with E-state index >= 15 is 0 Å². The molecular formula is C10H16N2OS. The first-order valence-electron chi connectivity index (χ1n) is 4.94. The monoisotopic (exact) mass is 212 g/mol. The van der Waals surface area contributed by atoms with Crippen molar-refractivity contribution in [2.75, 3.05) is 6.61 Å². The number of ether oxygens (including phenoxy) is 1. The van der Waals surface area contributed by atoms with Crippen molar-refractivity contribution < 1.29 is 4.74 Å². The zero-order chi connectivity index (χ0) is 10.2. The molecule has 0 aromatic carbocycles. The minimum atomic E-state index is -0.283. The number of nitrogens with zero attached hydrogens (tertiary/aromatic N) is 1. The Morgan fingerprint density at radius 3 is 2.93 bits per heavy atom. The standard InChI is InChI=1S/C10H16N2OS/c1-10(2,11)8-6-12-9(14-8)7-4-3-5-13-7/h6-7H,3-5,11H2,1-2H3. The number of nitrogens with two attached hydrogens (primary N) is 1. The lowest BCUT2D eigenvalue weighted by Crippen LogP contribution is -2.27. The largest absolute Gasteiger partial charge is 0.371 e. The highest BCUT2D eigenvalue weighted by atomic mass is 32.1. The van der Waals surface area contributed by atoms with Crippen LogP contribution in [0.5, 0.6) is 0 Å². The van der Waals surface area contributed by atoms with E-state index in [2.05, 4.69) is 4.98 Å². The maximum absolute atomic E-state index is 6.00. The van der Waals surface area contributed by atoms with Gasteiger partial charge in [0.15, 0.2) is 0 Å². The lowest BCUT2D eigenvalue weighted by molar-refractivity contribution is 0.111. The van der Waals surface area contributed by atoms with Crippen molar-refractivity contribution in [1.82, 2.24) is 4.98 Å². The fourth-order valence-electron chi connectivity index (χ4n) is 1.51. The van der Waals surface area contributed by atoms with Crippen LogP contribution in [0.2, 0.25) is 0 Å². The Kier molecular flexibility index (Phi) is 2.60. The van der Waals surface area contributed by atoms with Crippen LogP contribution in [0.25, 0.3) is 0 Å². The van der Waals surface area contributed by atoms with E-state index < -0.39 is 0 Å². The van der Waals surface area contributed by atoms with Gasteiger partial charge >= 0.3 is 0 Å². The predicted octanol–water partition coefficient (Wildman–Crippen LogP) is 2.19. The molecule has 2 N–H and O–H groups in total. The fraction of sp³-hybridized carbons (Fsp3) is 0.700. The molecular weight excluding hydrogens is 196 g/mol. The van der Waals surface area contributed by atoms with Crippen LogP contribution in [0.15, 0.2) is 6.20 Å². The second kappa shape index (κ2) is 3.61. The van der Waals surface area contributed by atoms with E-state index in [0.717, 1.165) is 29.3 Å². The summed E-state index contributed by atoms with van der Waals surface area (Å²) in [6.07, 6.45) is 4.33. The molecule has 0 radical (unpaired) electrons. The summed E-state index contributed by atoms with van der Waals surface area (Å²) in [7, 11) is 0. The van der Waals surface area contributed by atoms with Crippen molar-refractivity contribution in [3.8, 4) is 0 Å². The normalized spacial score (nSPS) is 22.9. The Balaban J connectivity index is 2.17. The Hall–Kier alpha value is -0.450. The summed E-state index contributed by atoms with van der Waals surface area (Å²) in [6.45, 7) is 4.87. The summed E-state index contributed by atoms with van der Waals surface area (Å²) in [6, 6.07) is 0. The zero-order valence-corrected chi connectivity index (χ0v) is 9.43. The van der Waals surface area contributed by atoms with Crippen LogP contribution >= 0.6 is 11.3 Å². The first-order chi connectivity index (χ1) is 6.57. The van der Waals surface area contributed by atoms with E-state index in [1.165, 1.54) is 0 Å². The second-order valence-electron chi connectivity index (χ2n) is 4.29. The summed E-state index contributed by atoms with van der Waals surface area (Å²) in [5.74, 6) is 0. The first kappa shape index (κ1) is 10.1. The number of rotatable bonds is 2. The van der Waals surface area contributed by atoms with E-state index in [1.807, 2.05) is 20.0 Å². The average Bonchev–Trinajstić information content (AvgIpc) is 2.73. The zero-order valence-electron chi connectivity index (χ0n) is 8.62. The first-order valence-corrected chi connectivity index (χ1v) is 5.76. The summed E-state index contributed by atoms with van der Waals surface area (Å²) >= 11 is 1.68. The van der Waals surface area contributed by atoms with Crippen molar-refractivity contribution in [3.63, 3.8) is 0 Å². The topological polar surface area (TPSA) is 48.1 Å². The lowest BCUT2D eigenvalue weighted by Gasteiger charge is -2.14. The molecule has 1 aliphatic heterocycles. The van der Waals surface area contributed by atoms with Gasteiger partial charge in [0, 0.05) is 23.2 Å². The molecule has 4 heteroatoms. The molecule has 1 atom stereocenters. The van der Waals surface area contributed by atoms with Crippen molar-refractivity contribution >= 4 is 11.3 Å². The number of thiazole rings is 1. The van der Waals surface area contributed by atoms with Crippen molar-refractivity contribution in [3.05, 3.63) is 16.1 Å². The molecule has 1 unspecified atom stereocenters. The molecule has 78 valence electrons. The summed E-state index contributed by atoms with van der Waals surface area (Å²) < 4.78 is 5.57. The van der Waals surface area contributed by atoms with E-state index in [-0.39, 0.29) is 11.6 Å². The average molecular weight is 212 g/mol. The van der Waals surface area contributed by atoms with Gasteiger partial charge in [-0.15, -0.1) is 11.3 Å². The van der Waals surface area contributed by atoms with Crippen LogP contribution in [-0.4, -0.2) is 11.6 Å². The maximum Gasteiger partial charge on any atom is 0.122 e. The molecule has 1 fully saturated rings. The van der Waals surface area contributed by atoms with Crippen LogP contribution in [0, 0.1) is 0 Å². The molecule has 0 amide bonds. The Labute approximate surface area is 88.3 Å². The summed E-state index contributed by atoms with van der Waals surface area (Å²) in [5.41, 5.74) is 5.72. The smallest absolute Gasteiger partial charge is 0.122 e. The third-order valence-corrected chi connectivity index (χ3v) is 3.79. The van der Waals surface area contributed by atoms with Crippen molar-refractivity contribution in [2.45, 2.75) is 38.3 Å². The van der Waals surface area contributed by atoms with Gasteiger partial charge in [-0.05, 0) is 26.7 Å². The molecule has 0 aliphatic carbocycles. The molecule has 1 aliphatic rings. The fourth-order valence-corrected chi connectivity index (χ4v) is 2.52. The quantitative estimate of drug-likeness (QED) is 0.817. The molecule has 14 heavy (non-hydrogen) atoms. The van der Waals surface area contributed by atoms with E-state index in [0.29, 0.717) is 0 Å². The predicted molar refractivity (Wildman–Crippen MR) is 57.3 cm³/mol. The van der Waals surface area contributed by atoms with E-state index in [1.54, 1.807) is 11.3 Å². The Morgan fingerprint density at radius 2 is 2.43 bits per heavy atom. The van der Waals surface area contributed by atoms with Gasteiger partial charge < -0.3 is 10.5 Å². The van der Waals surface area contributed by atoms with Crippen LogP contribution in [0.3, 0.4) is 0 Å². The molecule has 3 nitrogen and oxygen atoms in total. The molecule has 0 saturated carbocycles. The third kappa shape index (κ3) is 1.97. The van der Waals surface area contributed by atoms with Crippen LogP contribution in [-0.2, 0) is 10.3 Å². The highest BCUT2D eigenvalue weighted by Crippen LogP contribution is 2.33. The van der Waals surface area contributed by atoms with Crippen molar-refractivity contribution in [2.24, 2.45) is 5.73 Å². The molecule has 0 bridgehead atoms. The SMILES string of the molecule is CC(C)(N)c1cnc(C2CCCO2)s1. The lowest BCUT2D eigenvalue weighted by atomic mass is 10.1. The molecule has 0 spiro atoms. The minimum Gasteiger partial charge on any atom is -0.371 e. The number of aromatic nitrogens is 1. The van der Waals surface area contributed by atoms with Crippen LogP contribution in [0.1, 0.15) is 42.7 Å². The second-order valence-corrected chi connectivity index (χ2v) is 5.35. The van der Waals surface area contributed by atoms with Gasteiger partial charge in [0.1, 0.15) is 11.1 Å². The minimum absolute atomic E-state index is 0.219. The highest BCUT2D eigenvalue weighted by Gasteiger charge is 2.24. The van der Waals surface area contributed by atoms with E-state index in [4.69, 9.17) is 10.5 Å². The van der Waals surface area contributed by atoms with E-state index in [9.17, 15) is 0 Å².